The number of esters is 1. The molecule has 3 nitrogen and oxygen atoms in total. The van der Waals surface area contributed by atoms with Crippen molar-refractivity contribution in [1.29, 1.82) is 0 Å². The molecule has 1 rings (SSSR count). The van der Waals surface area contributed by atoms with Gasteiger partial charge in [0.15, 0.2) is 0 Å². The van der Waals surface area contributed by atoms with Crippen LogP contribution >= 0.6 is 0 Å². The second-order valence-electron chi connectivity index (χ2n) is 2.73. The molecule has 0 aliphatic rings. The maximum absolute atomic E-state index is 12.8. The molecule has 0 radical (unpaired) electrons. The molecule has 1 heterocycles. The number of carbonyl (C=O) groups is 1. The van der Waals surface area contributed by atoms with Gasteiger partial charge in [0.25, 0.3) is 0 Å². The van der Waals surface area contributed by atoms with Crippen molar-refractivity contribution in [2.75, 3.05) is 6.61 Å². The van der Waals surface area contributed by atoms with Gasteiger partial charge in [-0.3, -0.25) is 0 Å². The number of halogens is 1. The van der Waals surface area contributed by atoms with Crippen LogP contribution in [0.2, 0.25) is 0 Å². The number of pyridine rings is 1. The zero-order chi connectivity index (χ0) is 11.3. The first-order valence-electron chi connectivity index (χ1n) is 4.45. The monoisotopic (exact) mass is 207 g/mol. The Kier molecular flexibility index (Phi) is 3.81. The largest absolute Gasteiger partial charge is 0.456 e. The standard InChI is InChI=1S/C11H10FNO2/c1-3-15-11(14)7-5-9-4-6-10(12)8(2)13-9/h4,6H,3H2,1-2H3. The highest BCUT2D eigenvalue weighted by Gasteiger charge is 1.98. The predicted octanol–water partition coefficient (Wildman–Crippen LogP) is 1.44. The molecule has 0 aliphatic carbocycles. The topological polar surface area (TPSA) is 39.2 Å². The highest BCUT2D eigenvalue weighted by atomic mass is 19.1. The van der Waals surface area contributed by atoms with Crippen LogP contribution in [0.5, 0.6) is 0 Å². The van der Waals surface area contributed by atoms with E-state index in [1.165, 1.54) is 19.1 Å². The van der Waals surface area contributed by atoms with Gasteiger partial charge in [-0.15, -0.1) is 0 Å². The third-order valence-electron chi connectivity index (χ3n) is 1.59. The molecular formula is C11H10FNO2. The Morgan fingerprint density at radius 3 is 2.93 bits per heavy atom. The van der Waals surface area contributed by atoms with Crippen molar-refractivity contribution in [3.8, 4) is 11.8 Å². The third-order valence-corrected chi connectivity index (χ3v) is 1.59. The van der Waals surface area contributed by atoms with Crippen LogP contribution in [-0.4, -0.2) is 17.6 Å². The average molecular weight is 207 g/mol. The molecule has 0 saturated carbocycles. The minimum absolute atomic E-state index is 0.255. The summed E-state index contributed by atoms with van der Waals surface area (Å²) in [6.07, 6.45) is 0. The fraction of sp³-hybridized carbons (Fsp3) is 0.273. The lowest BCUT2D eigenvalue weighted by Crippen LogP contribution is -2.00. The van der Waals surface area contributed by atoms with Crippen LogP contribution in [0.3, 0.4) is 0 Å². The quantitative estimate of drug-likeness (QED) is 0.516. The van der Waals surface area contributed by atoms with Crippen LogP contribution in [-0.2, 0) is 9.53 Å². The Labute approximate surface area is 87.3 Å². The average Bonchev–Trinajstić information content (AvgIpc) is 2.20. The number of carbonyl (C=O) groups excluding carboxylic acids is 1. The summed E-state index contributed by atoms with van der Waals surface area (Å²) in [5.41, 5.74) is 0.604. The van der Waals surface area contributed by atoms with Gasteiger partial charge < -0.3 is 4.74 Å². The van der Waals surface area contributed by atoms with Crippen LogP contribution in [0.25, 0.3) is 0 Å². The van der Waals surface area contributed by atoms with Crippen molar-refractivity contribution in [2.45, 2.75) is 13.8 Å². The van der Waals surface area contributed by atoms with E-state index in [1.807, 2.05) is 0 Å². The normalized spacial score (nSPS) is 9.00. The second kappa shape index (κ2) is 5.11. The summed E-state index contributed by atoms with van der Waals surface area (Å²) in [4.78, 5) is 14.7. The summed E-state index contributed by atoms with van der Waals surface area (Å²) in [6.45, 7) is 3.51. The molecule has 1 aromatic rings. The number of aryl methyl sites for hydroxylation is 1. The molecule has 0 fully saturated rings. The van der Waals surface area contributed by atoms with Crippen LogP contribution in [0.15, 0.2) is 12.1 Å². The summed E-state index contributed by atoms with van der Waals surface area (Å²) in [5.74, 6) is 3.74. The molecule has 78 valence electrons. The number of aromatic nitrogens is 1. The fourth-order valence-corrected chi connectivity index (χ4v) is 0.896. The van der Waals surface area contributed by atoms with Crippen molar-refractivity contribution in [1.82, 2.24) is 4.98 Å². The van der Waals surface area contributed by atoms with E-state index < -0.39 is 11.8 Å². The molecule has 0 atom stereocenters. The molecule has 0 aliphatic heterocycles. The zero-order valence-electron chi connectivity index (χ0n) is 8.50. The smallest absolute Gasteiger partial charge is 0.384 e. The Morgan fingerprint density at radius 2 is 2.33 bits per heavy atom. The lowest BCUT2D eigenvalue weighted by Gasteiger charge is -1.95. The molecule has 0 amide bonds. The van der Waals surface area contributed by atoms with Gasteiger partial charge in [0.1, 0.15) is 11.5 Å². The van der Waals surface area contributed by atoms with Crippen molar-refractivity contribution in [2.24, 2.45) is 0 Å². The lowest BCUT2D eigenvalue weighted by molar-refractivity contribution is -0.136. The van der Waals surface area contributed by atoms with Gasteiger partial charge >= 0.3 is 5.97 Å². The maximum atomic E-state index is 12.8. The molecule has 0 saturated heterocycles. The van der Waals surface area contributed by atoms with Crippen molar-refractivity contribution >= 4 is 5.97 Å². The molecule has 0 unspecified atom stereocenters. The summed E-state index contributed by atoms with van der Waals surface area (Å²) in [5, 5.41) is 0. The number of hydrogen-bond donors (Lipinski definition) is 0. The maximum Gasteiger partial charge on any atom is 0.384 e. The highest BCUT2D eigenvalue weighted by Crippen LogP contribution is 2.02. The van der Waals surface area contributed by atoms with Gasteiger partial charge in [0, 0.05) is 5.92 Å². The molecular weight excluding hydrogens is 197 g/mol. The third kappa shape index (κ3) is 3.39. The number of rotatable bonds is 1. The summed E-state index contributed by atoms with van der Waals surface area (Å²) in [6, 6.07) is 2.67. The van der Waals surface area contributed by atoms with Crippen molar-refractivity contribution < 1.29 is 13.9 Å². The van der Waals surface area contributed by atoms with Gasteiger partial charge in [-0.05, 0) is 31.9 Å². The minimum Gasteiger partial charge on any atom is -0.456 e. The van der Waals surface area contributed by atoms with Gasteiger partial charge in [-0.1, -0.05) is 0 Å². The van der Waals surface area contributed by atoms with E-state index in [2.05, 4.69) is 21.6 Å². The van der Waals surface area contributed by atoms with Crippen molar-refractivity contribution in [3.05, 3.63) is 29.3 Å². The fourth-order valence-electron chi connectivity index (χ4n) is 0.896. The molecule has 15 heavy (non-hydrogen) atoms. The first-order chi connectivity index (χ1) is 7.13. The zero-order valence-corrected chi connectivity index (χ0v) is 8.50. The number of nitrogens with zero attached hydrogens (tertiary/aromatic N) is 1. The van der Waals surface area contributed by atoms with E-state index in [4.69, 9.17) is 0 Å². The summed E-state index contributed by atoms with van der Waals surface area (Å²) < 4.78 is 17.4. The molecule has 0 aromatic carbocycles. The van der Waals surface area contributed by atoms with Gasteiger partial charge in [-0.2, -0.15) is 0 Å². The predicted molar refractivity (Wildman–Crippen MR) is 52.4 cm³/mol. The van der Waals surface area contributed by atoms with E-state index in [0.717, 1.165) is 0 Å². The molecule has 0 spiro atoms. The van der Waals surface area contributed by atoms with Crippen molar-refractivity contribution in [3.63, 3.8) is 0 Å². The summed E-state index contributed by atoms with van der Waals surface area (Å²) in [7, 11) is 0. The van der Waals surface area contributed by atoms with E-state index in [9.17, 15) is 9.18 Å². The van der Waals surface area contributed by atoms with Crippen LogP contribution in [0.4, 0.5) is 4.39 Å². The second-order valence-corrected chi connectivity index (χ2v) is 2.73. The Morgan fingerprint density at radius 1 is 1.60 bits per heavy atom. The molecule has 0 N–H and O–H groups in total. The molecule has 0 bridgehead atoms. The Hall–Kier alpha value is -1.89. The first-order valence-corrected chi connectivity index (χ1v) is 4.45. The lowest BCUT2D eigenvalue weighted by atomic mass is 10.3. The van der Waals surface area contributed by atoms with E-state index in [-0.39, 0.29) is 12.3 Å². The van der Waals surface area contributed by atoms with E-state index in [1.54, 1.807) is 6.92 Å². The molecule has 4 heteroatoms. The Bertz CT molecular complexity index is 432. The van der Waals surface area contributed by atoms with Gasteiger partial charge in [-0.25, -0.2) is 14.2 Å². The van der Waals surface area contributed by atoms with E-state index in [0.29, 0.717) is 5.69 Å². The van der Waals surface area contributed by atoms with Crippen LogP contribution in [0, 0.1) is 24.6 Å². The van der Waals surface area contributed by atoms with Crippen LogP contribution < -0.4 is 0 Å². The number of ether oxygens (including phenoxy) is 1. The summed E-state index contributed by atoms with van der Waals surface area (Å²) >= 11 is 0. The SMILES string of the molecule is CCOC(=O)C#Cc1ccc(F)c(C)n1. The Balaban J connectivity index is 2.80. The molecule has 1 aromatic heterocycles. The minimum atomic E-state index is -0.610. The highest BCUT2D eigenvalue weighted by molar-refractivity contribution is 5.88. The van der Waals surface area contributed by atoms with Gasteiger partial charge in [0.2, 0.25) is 0 Å². The van der Waals surface area contributed by atoms with Crippen LogP contribution in [0.1, 0.15) is 18.3 Å². The number of hydrogen-bond acceptors (Lipinski definition) is 3. The first kappa shape index (κ1) is 11.2. The van der Waals surface area contributed by atoms with Gasteiger partial charge in [0.05, 0.1) is 12.3 Å². The van der Waals surface area contributed by atoms with E-state index >= 15 is 0 Å².